The first kappa shape index (κ1) is 14.8. The molecule has 1 aromatic carbocycles. The number of carbonyl (C=O) groups is 2. The Morgan fingerprint density at radius 2 is 2.00 bits per heavy atom. The molecule has 0 aromatic heterocycles. The van der Waals surface area contributed by atoms with Crippen LogP contribution in [0.4, 0.5) is 0 Å². The Labute approximate surface area is 129 Å². The van der Waals surface area contributed by atoms with E-state index in [1.807, 2.05) is 24.3 Å². The molecule has 0 radical (unpaired) electrons. The Kier molecular flexibility index (Phi) is 3.78. The highest BCUT2D eigenvalue weighted by Gasteiger charge is 2.52. The van der Waals surface area contributed by atoms with E-state index >= 15 is 0 Å². The van der Waals surface area contributed by atoms with Gasteiger partial charge in [-0.2, -0.15) is 0 Å². The van der Waals surface area contributed by atoms with E-state index in [2.05, 4.69) is 5.32 Å². The first-order chi connectivity index (χ1) is 10.6. The summed E-state index contributed by atoms with van der Waals surface area (Å²) in [7, 11) is 1.61. The van der Waals surface area contributed by atoms with Crippen molar-refractivity contribution in [1.29, 1.82) is 0 Å². The molecule has 1 aliphatic heterocycles. The second kappa shape index (κ2) is 5.61. The van der Waals surface area contributed by atoms with Crippen LogP contribution in [0.3, 0.4) is 0 Å². The molecule has 2 amide bonds. The molecule has 3 N–H and O–H groups in total. The van der Waals surface area contributed by atoms with Gasteiger partial charge < -0.3 is 20.5 Å². The zero-order chi connectivity index (χ0) is 15.7. The Balaban J connectivity index is 1.72. The van der Waals surface area contributed by atoms with Gasteiger partial charge in [0.15, 0.2) is 6.10 Å². The zero-order valence-corrected chi connectivity index (χ0v) is 12.5. The average molecular weight is 304 g/mol. The van der Waals surface area contributed by atoms with E-state index in [0.717, 1.165) is 24.2 Å². The van der Waals surface area contributed by atoms with Crippen molar-refractivity contribution in [2.75, 3.05) is 13.7 Å². The molecule has 0 unspecified atom stereocenters. The maximum Gasteiger partial charge on any atom is 0.248 e. The molecule has 3 rings (SSSR count). The standard InChI is InChI=1S/C16H20N2O4/c1-21-11-4-2-10(3-5-11)16(7-8-16)15(20)18-12-6-9-22-13(12)14(17)19/h2-5,12-13H,6-9H2,1H3,(H2,17,19)(H,18,20)/t12-,13+/m1/s1. The van der Waals surface area contributed by atoms with Crippen molar-refractivity contribution in [3.8, 4) is 5.75 Å². The SMILES string of the molecule is COc1ccc(C2(C(=O)N[C@@H]3CCO[C@@H]3C(N)=O)CC2)cc1. The second-order valence-electron chi connectivity index (χ2n) is 5.87. The molecule has 6 heteroatoms. The van der Waals surface area contributed by atoms with E-state index in [-0.39, 0.29) is 11.9 Å². The van der Waals surface area contributed by atoms with Crippen molar-refractivity contribution in [1.82, 2.24) is 5.32 Å². The summed E-state index contributed by atoms with van der Waals surface area (Å²) in [5.74, 6) is 0.175. The van der Waals surface area contributed by atoms with Crippen LogP contribution < -0.4 is 15.8 Å². The summed E-state index contributed by atoms with van der Waals surface area (Å²) in [6.45, 7) is 0.439. The third-order valence-corrected chi connectivity index (χ3v) is 4.52. The normalized spacial score (nSPS) is 25.5. The number of nitrogens with one attached hydrogen (secondary N) is 1. The van der Waals surface area contributed by atoms with Gasteiger partial charge in [-0.05, 0) is 37.0 Å². The predicted molar refractivity (Wildman–Crippen MR) is 79.4 cm³/mol. The minimum absolute atomic E-state index is 0.0561. The Bertz CT molecular complexity index is 580. The molecule has 1 heterocycles. The topological polar surface area (TPSA) is 90.7 Å². The van der Waals surface area contributed by atoms with Crippen molar-refractivity contribution in [3.05, 3.63) is 29.8 Å². The largest absolute Gasteiger partial charge is 0.497 e. The lowest BCUT2D eigenvalue weighted by Gasteiger charge is -2.22. The third-order valence-electron chi connectivity index (χ3n) is 4.52. The van der Waals surface area contributed by atoms with Crippen molar-refractivity contribution in [3.63, 3.8) is 0 Å². The van der Waals surface area contributed by atoms with Gasteiger partial charge in [0.05, 0.1) is 18.6 Å². The number of ether oxygens (including phenoxy) is 2. The van der Waals surface area contributed by atoms with Crippen LogP contribution in [0, 0.1) is 0 Å². The molecule has 1 aromatic rings. The molecule has 1 aliphatic carbocycles. The molecule has 2 atom stereocenters. The van der Waals surface area contributed by atoms with E-state index < -0.39 is 17.4 Å². The minimum Gasteiger partial charge on any atom is -0.497 e. The molecule has 22 heavy (non-hydrogen) atoms. The summed E-state index contributed by atoms with van der Waals surface area (Å²) in [4.78, 5) is 24.0. The molecule has 0 bridgehead atoms. The van der Waals surface area contributed by atoms with Crippen LogP contribution in [0.5, 0.6) is 5.75 Å². The third kappa shape index (κ3) is 2.54. The van der Waals surface area contributed by atoms with Gasteiger partial charge >= 0.3 is 0 Å². The lowest BCUT2D eigenvalue weighted by Crippen LogP contribution is -2.49. The van der Waals surface area contributed by atoms with Crippen LogP contribution >= 0.6 is 0 Å². The number of benzene rings is 1. The number of amides is 2. The highest BCUT2D eigenvalue weighted by atomic mass is 16.5. The molecule has 118 valence electrons. The van der Waals surface area contributed by atoms with E-state index in [1.54, 1.807) is 7.11 Å². The van der Waals surface area contributed by atoms with Crippen LogP contribution in [0.2, 0.25) is 0 Å². The van der Waals surface area contributed by atoms with E-state index in [4.69, 9.17) is 15.2 Å². The van der Waals surface area contributed by atoms with Crippen LogP contribution in [0.15, 0.2) is 24.3 Å². The molecule has 6 nitrogen and oxygen atoms in total. The first-order valence-corrected chi connectivity index (χ1v) is 7.43. The van der Waals surface area contributed by atoms with Gasteiger partial charge in [-0.15, -0.1) is 0 Å². The number of carbonyl (C=O) groups excluding carboxylic acids is 2. The lowest BCUT2D eigenvalue weighted by atomic mass is 9.94. The Morgan fingerprint density at radius 1 is 1.32 bits per heavy atom. The lowest BCUT2D eigenvalue weighted by molar-refractivity contribution is -0.129. The molecule has 2 aliphatic rings. The van der Waals surface area contributed by atoms with Crippen molar-refractivity contribution in [2.45, 2.75) is 36.8 Å². The van der Waals surface area contributed by atoms with Gasteiger partial charge in [0.2, 0.25) is 11.8 Å². The van der Waals surface area contributed by atoms with Crippen LogP contribution in [-0.2, 0) is 19.7 Å². The summed E-state index contributed by atoms with van der Waals surface area (Å²) in [6, 6.07) is 7.21. The second-order valence-corrected chi connectivity index (χ2v) is 5.87. The summed E-state index contributed by atoms with van der Waals surface area (Å²) < 4.78 is 10.4. The molecular weight excluding hydrogens is 284 g/mol. The van der Waals surface area contributed by atoms with Crippen molar-refractivity contribution >= 4 is 11.8 Å². The van der Waals surface area contributed by atoms with E-state index in [0.29, 0.717) is 13.0 Å². The van der Waals surface area contributed by atoms with Gasteiger partial charge in [0.1, 0.15) is 5.75 Å². The zero-order valence-electron chi connectivity index (χ0n) is 12.5. The monoisotopic (exact) mass is 304 g/mol. The molecule has 2 fully saturated rings. The molecular formula is C16H20N2O4. The Hall–Kier alpha value is -2.08. The summed E-state index contributed by atoms with van der Waals surface area (Å²) >= 11 is 0. The molecule has 1 saturated carbocycles. The van der Waals surface area contributed by atoms with Gasteiger partial charge in [0.25, 0.3) is 0 Å². The minimum atomic E-state index is -0.726. The highest BCUT2D eigenvalue weighted by molar-refractivity contribution is 5.92. The first-order valence-electron chi connectivity index (χ1n) is 7.43. The van der Waals surface area contributed by atoms with Crippen LogP contribution in [0.1, 0.15) is 24.8 Å². The summed E-state index contributed by atoms with van der Waals surface area (Å²) in [5, 5.41) is 2.94. The Morgan fingerprint density at radius 3 is 2.55 bits per heavy atom. The van der Waals surface area contributed by atoms with E-state index in [1.165, 1.54) is 0 Å². The van der Waals surface area contributed by atoms with Gasteiger partial charge in [0, 0.05) is 6.61 Å². The highest BCUT2D eigenvalue weighted by Crippen LogP contribution is 2.48. The number of primary amides is 1. The molecule has 0 spiro atoms. The number of nitrogens with two attached hydrogens (primary N) is 1. The average Bonchev–Trinajstić information content (AvgIpc) is 3.21. The van der Waals surface area contributed by atoms with E-state index in [9.17, 15) is 9.59 Å². The fraction of sp³-hybridized carbons (Fsp3) is 0.500. The van der Waals surface area contributed by atoms with Gasteiger partial charge in [-0.3, -0.25) is 9.59 Å². The number of hydrogen-bond donors (Lipinski definition) is 2. The predicted octanol–water partition coefficient (Wildman–Crippen LogP) is 0.486. The number of hydrogen-bond acceptors (Lipinski definition) is 4. The summed E-state index contributed by atoms with van der Waals surface area (Å²) in [5.41, 5.74) is 5.79. The molecule has 1 saturated heterocycles. The van der Waals surface area contributed by atoms with Gasteiger partial charge in [-0.25, -0.2) is 0 Å². The van der Waals surface area contributed by atoms with Crippen LogP contribution in [0.25, 0.3) is 0 Å². The number of rotatable bonds is 5. The van der Waals surface area contributed by atoms with Crippen molar-refractivity contribution in [2.24, 2.45) is 5.73 Å². The maximum atomic E-state index is 12.7. The smallest absolute Gasteiger partial charge is 0.248 e. The van der Waals surface area contributed by atoms with Gasteiger partial charge in [-0.1, -0.05) is 12.1 Å². The summed E-state index contributed by atoms with van der Waals surface area (Å²) in [6.07, 6.45) is 1.49. The maximum absolute atomic E-state index is 12.7. The quantitative estimate of drug-likeness (QED) is 0.828. The fourth-order valence-electron chi connectivity index (χ4n) is 3.01. The van der Waals surface area contributed by atoms with Crippen molar-refractivity contribution < 1.29 is 19.1 Å². The fourth-order valence-corrected chi connectivity index (χ4v) is 3.01. The number of methoxy groups -OCH3 is 1. The van der Waals surface area contributed by atoms with Crippen LogP contribution in [-0.4, -0.2) is 37.7 Å².